The number of hydrogen-bond donors (Lipinski definition) is 1. The van der Waals surface area contributed by atoms with Gasteiger partial charge in [0.2, 0.25) is 0 Å². The van der Waals surface area contributed by atoms with Gasteiger partial charge in [-0.05, 0) is 24.3 Å². The molecule has 0 unspecified atom stereocenters. The highest BCUT2D eigenvalue weighted by molar-refractivity contribution is 5.78. The number of benzene rings is 1. The molecule has 1 nitrogen and oxygen atoms in total. The first-order chi connectivity index (χ1) is 4.86. The van der Waals surface area contributed by atoms with Crippen LogP contribution in [0.2, 0.25) is 0 Å². The number of H-pyrrole nitrogens is 1. The van der Waals surface area contributed by atoms with Gasteiger partial charge in [-0.1, -0.05) is 0 Å². The highest BCUT2D eigenvalue weighted by atomic mass is 19.1. The lowest BCUT2D eigenvalue weighted by atomic mass is 10.2. The van der Waals surface area contributed by atoms with E-state index in [9.17, 15) is 4.39 Å². The molecule has 49 valence electrons. The summed E-state index contributed by atoms with van der Waals surface area (Å²) in [5, 5.41) is 0.987. The number of nitrogens with one attached hydrogen (secondary N) is 1. The van der Waals surface area contributed by atoms with Crippen LogP contribution in [0.3, 0.4) is 0 Å². The van der Waals surface area contributed by atoms with Crippen LogP contribution in [0.4, 0.5) is 4.39 Å². The van der Waals surface area contributed by atoms with Gasteiger partial charge in [0.1, 0.15) is 5.82 Å². The van der Waals surface area contributed by atoms with Crippen molar-refractivity contribution in [3.8, 4) is 0 Å². The molecule has 0 aliphatic rings. The fraction of sp³-hybridized carbons (Fsp3) is 0. The summed E-state index contributed by atoms with van der Waals surface area (Å²) in [5.41, 5.74) is 0.792. The standard InChI is InChI=1S/C8H5FN/c9-7-2-1-6-3-4-10-8(6)5-7/h1-3,5,10H. The largest absolute Gasteiger partial charge is 0.353 e. The van der Waals surface area contributed by atoms with E-state index in [1.54, 1.807) is 12.1 Å². The summed E-state index contributed by atoms with van der Waals surface area (Å²) in [4.78, 5) is 2.80. The predicted octanol–water partition coefficient (Wildman–Crippen LogP) is 2.11. The fourth-order valence-corrected chi connectivity index (χ4v) is 0.954. The Balaban J connectivity index is 2.86. The Hall–Kier alpha value is -1.31. The average molecular weight is 134 g/mol. The van der Waals surface area contributed by atoms with Crippen LogP contribution in [0.15, 0.2) is 24.3 Å². The van der Waals surface area contributed by atoms with Gasteiger partial charge in [0, 0.05) is 10.9 Å². The summed E-state index contributed by atoms with van der Waals surface area (Å²) < 4.78 is 12.5. The summed E-state index contributed by atoms with van der Waals surface area (Å²) in [6, 6.07) is 6.39. The van der Waals surface area contributed by atoms with Gasteiger partial charge in [-0.15, -0.1) is 0 Å². The van der Waals surface area contributed by atoms with Crippen molar-refractivity contribution >= 4 is 10.9 Å². The molecule has 1 aromatic carbocycles. The first-order valence-corrected chi connectivity index (χ1v) is 3.00. The molecule has 0 atom stereocenters. The third kappa shape index (κ3) is 0.692. The zero-order valence-corrected chi connectivity index (χ0v) is 5.19. The molecule has 1 radical (unpaired) electrons. The van der Waals surface area contributed by atoms with E-state index in [1.807, 2.05) is 0 Å². The zero-order valence-electron chi connectivity index (χ0n) is 5.19. The molecule has 0 aliphatic heterocycles. The number of aromatic amines is 1. The monoisotopic (exact) mass is 134 g/mol. The fourth-order valence-electron chi connectivity index (χ4n) is 0.954. The zero-order chi connectivity index (χ0) is 6.97. The molecule has 0 fully saturated rings. The summed E-state index contributed by atoms with van der Waals surface area (Å²) in [5.74, 6) is -0.219. The molecule has 1 heterocycles. The molecule has 0 bridgehead atoms. The Morgan fingerprint density at radius 2 is 2.30 bits per heavy atom. The molecule has 10 heavy (non-hydrogen) atoms. The maximum Gasteiger partial charge on any atom is 0.125 e. The summed E-state index contributed by atoms with van der Waals surface area (Å²) >= 11 is 0. The number of aromatic nitrogens is 1. The van der Waals surface area contributed by atoms with E-state index in [2.05, 4.69) is 11.2 Å². The average Bonchev–Trinajstić information content (AvgIpc) is 2.33. The number of fused-ring (bicyclic) bond motifs is 1. The van der Waals surface area contributed by atoms with Gasteiger partial charge < -0.3 is 4.98 Å². The minimum absolute atomic E-state index is 0.219. The lowest BCUT2D eigenvalue weighted by Gasteiger charge is -1.87. The van der Waals surface area contributed by atoms with Crippen LogP contribution in [0.1, 0.15) is 0 Å². The van der Waals surface area contributed by atoms with Crippen molar-refractivity contribution in [3.63, 3.8) is 0 Å². The van der Waals surface area contributed by atoms with Gasteiger partial charge in [0.15, 0.2) is 0 Å². The van der Waals surface area contributed by atoms with Crippen LogP contribution in [0, 0.1) is 12.0 Å². The van der Waals surface area contributed by atoms with Gasteiger partial charge in [-0.3, -0.25) is 0 Å². The molecule has 2 rings (SSSR count). The third-order valence-corrected chi connectivity index (χ3v) is 1.45. The summed E-state index contributed by atoms with van der Waals surface area (Å²) in [6.45, 7) is 0. The van der Waals surface area contributed by atoms with Crippen molar-refractivity contribution in [2.24, 2.45) is 0 Å². The van der Waals surface area contributed by atoms with E-state index in [-0.39, 0.29) is 5.82 Å². The molecular formula is C8H5FN. The van der Waals surface area contributed by atoms with Crippen molar-refractivity contribution in [1.82, 2.24) is 4.98 Å². The number of hydrogen-bond acceptors (Lipinski definition) is 0. The van der Waals surface area contributed by atoms with Crippen molar-refractivity contribution in [1.29, 1.82) is 0 Å². The number of rotatable bonds is 0. The minimum atomic E-state index is -0.219. The van der Waals surface area contributed by atoms with Gasteiger partial charge in [0.25, 0.3) is 0 Å². The van der Waals surface area contributed by atoms with E-state index in [0.29, 0.717) is 0 Å². The van der Waals surface area contributed by atoms with Gasteiger partial charge in [-0.25, -0.2) is 4.39 Å². The first kappa shape index (κ1) is 5.47. The Morgan fingerprint density at radius 3 is 3.20 bits per heavy atom. The second-order valence-corrected chi connectivity index (χ2v) is 2.15. The Morgan fingerprint density at radius 1 is 1.40 bits per heavy atom. The Bertz CT molecular complexity index is 351. The second kappa shape index (κ2) is 1.84. The smallest absolute Gasteiger partial charge is 0.125 e. The van der Waals surface area contributed by atoms with E-state index < -0.39 is 0 Å². The molecule has 1 N–H and O–H groups in total. The van der Waals surface area contributed by atoms with Crippen LogP contribution in [-0.4, -0.2) is 4.98 Å². The van der Waals surface area contributed by atoms with Crippen LogP contribution in [0.25, 0.3) is 10.9 Å². The van der Waals surface area contributed by atoms with Crippen molar-refractivity contribution < 1.29 is 4.39 Å². The van der Waals surface area contributed by atoms with Crippen molar-refractivity contribution in [2.75, 3.05) is 0 Å². The molecule has 0 spiro atoms. The third-order valence-electron chi connectivity index (χ3n) is 1.45. The van der Waals surface area contributed by atoms with Crippen molar-refractivity contribution in [3.05, 3.63) is 36.3 Å². The minimum Gasteiger partial charge on any atom is -0.353 e. The molecule has 2 aromatic rings. The predicted molar refractivity (Wildman–Crippen MR) is 37.1 cm³/mol. The van der Waals surface area contributed by atoms with Gasteiger partial charge >= 0.3 is 0 Å². The maximum absolute atomic E-state index is 12.5. The second-order valence-electron chi connectivity index (χ2n) is 2.15. The summed E-state index contributed by atoms with van der Waals surface area (Å²) in [6.07, 6.45) is 2.77. The Labute approximate surface area is 57.5 Å². The van der Waals surface area contributed by atoms with Crippen LogP contribution in [-0.2, 0) is 0 Å². The summed E-state index contributed by atoms with van der Waals surface area (Å²) in [7, 11) is 0. The topological polar surface area (TPSA) is 15.8 Å². The van der Waals surface area contributed by atoms with Gasteiger partial charge in [-0.2, -0.15) is 0 Å². The molecule has 1 aromatic heterocycles. The van der Waals surface area contributed by atoms with Crippen molar-refractivity contribution in [2.45, 2.75) is 0 Å². The molecule has 0 amide bonds. The maximum atomic E-state index is 12.5. The highest BCUT2D eigenvalue weighted by Gasteiger charge is 1.93. The van der Waals surface area contributed by atoms with Gasteiger partial charge in [0.05, 0.1) is 6.20 Å². The van der Waals surface area contributed by atoms with E-state index in [4.69, 9.17) is 0 Å². The molecule has 0 saturated heterocycles. The molecule has 2 heteroatoms. The molecule has 0 aliphatic carbocycles. The lowest BCUT2D eigenvalue weighted by molar-refractivity contribution is 0.629. The van der Waals surface area contributed by atoms with Crippen LogP contribution >= 0.6 is 0 Å². The lowest BCUT2D eigenvalue weighted by Crippen LogP contribution is -1.71. The SMILES string of the molecule is Fc1ccc2c[c][nH]c2c1. The molecular weight excluding hydrogens is 129 g/mol. The normalized spacial score (nSPS) is 10.5. The quantitative estimate of drug-likeness (QED) is 0.568. The van der Waals surface area contributed by atoms with E-state index in [1.165, 1.54) is 12.1 Å². The van der Waals surface area contributed by atoms with Crippen LogP contribution < -0.4 is 0 Å². The number of halogens is 1. The Kier molecular flexibility index (Phi) is 1.01. The van der Waals surface area contributed by atoms with Crippen LogP contribution in [0.5, 0.6) is 0 Å². The molecule has 0 saturated carbocycles. The first-order valence-electron chi connectivity index (χ1n) is 3.00. The van der Waals surface area contributed by atoms with E-state index in [0.717, 1.165) is 10.9 Å². The van der Waals surface area contributed by atoms with E-state index >= 15 is 0 Å². The highest BCUT2D eigenvalue weighted by Crippen LogP contribution is 2.11.